The fourth-order valence-corrected chi connectivity index (χ4v) is 4.68. The van der Waals surface area contributed by atoms with Crippen molar-refractivity contribution < 1.29 is 33.7 Å². The molecule has 0 bridgehead atoms. The molecule has 1 saturated heterocycles. The molecule has 1 aliphatic rings. The lowest BCUT2D eigenvalue weighted by Crippen LogP contribution is -2.51. The Labute approximate surface area is 245 Å². The molecule has 1 unspecified atom stereocenters. The maximum atomic E-state index is 13.0. The highest BCUT2D eigenvalue weighted by Gasteiger charge is 2.44. The molecule has 210 valence electrons. The molecule has 1 fully saturated rings. The molecule has 1 aliphatic heterocycles. The summed E-state index contributed by atoms with van der Waals surface area (Å²) in [7, 11) is 0. The molecule has 0 aliphatic carbocycles. The van der Waals surface area contributed by atoms with Crippen molar-refractivity contribution in [2.75, 3.05) is 5.32 Å². The van der Waals surface area contributed by atoms with Gasteiger partial charge in [0.15, 0.2) is 18.5 Å². The summed E-state index contributed by atoms with van der Waals surface area (Å²) >= 11 is 18.5. The lowest BCUT2D eigenvalue weighted by molar-refractivity contribution is -0.144. The van der Waals surface area contributed by atoms with Gasteiger partial charge in [0.25, 0.3) is 11.8 Å². The number of aliphatic carboxylic acids is 1. The van der Waals surface area contributed by atoms with Crippen LogP contribution >= 0.6 is 34.8 Å². The van der Waals surface area contributed by atoms with E-state index in [4.69, 9.17) is 49.0 Å². The van der Waals surface area contributed by atoms with Crippen LogP contribution in [0, 0.1) is 0 Å². The van der Waals surface area contributed by atoms with Crippen molar-refractivity contribution in [3.63, 3.8) is 0 Å². The Morgan fingerprint density at radius 1 is 0.875 bits per heavy atom. The van der Waals surface area contributed by atoms with Gasteiger partial charge in [0.2, 0.25) is 0 Å². The van der Waals surface area contributed by atoms with Crippen LogP contribution in [0.2, 0.25) is 15.1 Å². The van der Waals surface area contributed by atoms with Gasteiger partial charge >= 0.3 is 5.97 Å². The first kappa shape index (κ1) is 29.6. The van der Waals surface area contributed by atoms with Crippen molar-refractivity contribution in [1.29, 1.82) is 0 Å². The third kappa shape index (κ3) is 7.44. The van der Waals surface area contributed by atoms with Gasteiger partial charge in [-0.2, -0.15) is 0 Å². The molecule has 0 radical (unpaired) electrons. The number of carbonyl (C=O) groups is 3. The van der Waals surface area contributed by atoms with E-state index in [1.54, 1.807) is 66.7 Å². The number of ether oxygens (including phenoxy) is 3. The minimum Gasteiger partial charge on any atom is -0.489 e. The maximum absolute atomic E-state index is 13.0. The zero-order chi connectivity index (χ0) is 28.8. The monoisotopic (exact) mass is 606 g/mol. The highest BCUT2D eigenvalue weighted by Crippen LogP contribution is 2.27. The number of carboxylic acid groups (broad SMARTS) is 1. The molecule has 40 heavy (non-hydrogen) atoms. The lowest BCUT2D eigenvalue weighted by atomic mass is 10.0. The van der Waals surface area contributed by atoms with Gasteiger partial charge in [-0.25, -0.2) is 4.79 Å². The zero-order valence-electron chi connectivity index (χ0n) is 21.1. The Balaban J connectivity index is 1.37. The van der Waals surface area contributed by atoms with Crippen LogP contribution in [-0.2, 0) is 36.9 Å². The number of hydrogen-bond acceptors (Lipinski definition) is 6. The molecule has 1 heterocycles. The number of para-hydroxylation sites is 1. The zero-order valence-corrected chi connectivity index (χ0v) is 23.4. The summed E-state index contributed by atoms with van der Waals surface area (Å²) in [4.78, 5) is 37.9. The third-order valence-electron chi connectivity index (χ3n) is 6.02. The summed E-state index contributed by atoms with van der Waals surface area (Å²) in [6.07, 6.45) is -3.58. The van der Waals surface area contributed by atoms with Crippen LogP contribution < -0.4 is 15.4 Å². The van der Waals surface area contributed by atoms with E-state index in [0.29, 0.717) is 37.6 Å². The van der Waals surface area contributed by atoms with Crippen LogP contribution in [0.3, 0.4) is 0 Å². The van der Waals surface area contributed by atoms with E-state index in [1.165, 1.54) is 6.92 Å². The van der Waals surface area contributed by atoms with E-state index in [9.17, 15) is 19.5 Å². The second-order valence-electron chi connectivity index (χ2n) is 8.89. The summed E-state index contributed by atoms with van der Waals surface area (Å²) in [6.45, 7) is 1.68. The van der Waals surface area contributed by atoms with Crippen LogP contribution in [0.4, 0.5) is 5.69 Å². The van der Waals surface area contributed by atoms with Crippen molar-refractivity contribution in [3.8, 4) is 5.75 Å². The van der Waals surface area contributed by atoms with Crippen molar-refractivity contribution in [3.05, 3.63) is 92.9 Å². The van der Waals surface area contributed by atoms with Gasteiger partial charge in [-0.05, 0) is 48.9 Å². The van der Waals surface area contributed by atoms with Gasteiger partial charge < -0.3 is 30.0 Å². The van der Waals surface area contributed by atoms with E-state index in [0.717, 1.165) is 0 Å². The minimum atomic E-state index is -1.37. The van der Waals surface area contributed by atoms with Crippen molar-refractivity contribution in [2.45, 2.75) is 44.5 Å². The molecule has 2 amide bonds. The summed E-state index contributed by atoms with van der Waals surface area (Å²) < 4.78 is 16.7. The Hall–Kier alpha value is -3.34. The van der Waals surface area contributed by atoms with Crippen molar-refractivity contribution >= 4 is 58.3 Å². The molecule has 0 spiro atoms. The van der Waals surface area contributed by atoms with Crippen LogP contribution in [0.15, 0.2) is 66.7 Å². The Bertz CT molecular complexity index is 1370. The van der Waals surface area contributed by atoms with Crippen LogP contribution in [0.1, 0.15) is 18.1 Å². The number of carboxylic acids is 1. The predicted molar refractivity (Wildman–Crippen MR) is 150 cm³/mol. The summed E-state index contributed by atoms with van der Waals surface area (Å²) in [5.41, 5.74) is 1.61. The Kier molecular flexibility index (Phi) is 9.89. The van der Waals surface area contributed by atoms with Crippen molar-refractivity contribution in [1.82, 2.24) is 5.32 Å². The number of halogens is 3. The molecule has 0 saturated carbocycles. The molecule has 9 nitrogen and oxygen atoms in total. The molecule has 4 rings (SSSR count). The number of benzene rings is 3. The average molecular weight is 608 g/mol. The molecule has 3 aromatic rings. The fourth-order valence-electron chi connectivity index (χ4n) is 3.99. The molecule has 4 atom stereocenters. The Morgan fingerprint density at radius 2 is 1.48 bits per heavy atom. The third-order valence-corrected chi connectivity index (χ3v) is 7.06. The number of rotatable bonds is 10. The summed E-state index contributed by atoms with van der Waals surface area (Å²) in [5, 5.41) is 16.1. The largest absolute Gasteiger partial charge is 0.489 e. The first-order valence-electron chi connectivity index (χ1n) is 12.2. The summed E-state index contributed by atoms with van der Waals surface area (Å²) in [5.74, 6) is -2.19. The molecule has 3 N–H and O–H groups in total. The highest BCUT2D eigenvalue weighted by molar-refractivity contribution is 6.36. The van der Waals surface area contributed by atoms with E-state index in [2.05, 4.69) is 10.6 Å². The highest BCUT2D eigenvalue weighted by atomic mass is 35.5. The van der Waals surface area contributed by atoms with Gasteiger partial charge in [0, 0.05) is 22.0 Å². The van der Waals surface area contributed by atoms with Gasteiger partial charge in [-0.15, -0.1) is 0 Å². The molecule has 0 aromatic heterocycles. The molecule has 12 heteroatoms. The second-order valence-corrected chi connectivity index (χ2v) is 10.1. The maximum Gasteiger partial charge on any atom is 0.326 e. The Morgan fingerprint density at radius 3 is 2.10 bits per heavy atom. The second kappa shape index (κ2) is 13.3. The van der Waals surface area contributed by atoms with Crippen molar-refractivity contribution in [2.24, 2.45) is 0 Å². The van der Waals surface area contributed by atoms with Gasteiger partial charge in [-0.3, -0.25) is 9.59 Å². The van der Waals surface area contributed by atoms with Gasteiger partial charge in [0.1, 0.15) is 18.4 Å². The number of anilines is 1. The van der Waals surface area contributed by atoms with E-state index in [-0.39, 0.29) is 13.0 Å². The molecule has 3 aromatic carbocycles. The quantitative estimate of drug-likeness (QED) is 0.293. The summed E-state index contributed by atoms with van der Waals surface area (Å²) in [6, 6.07) is 17.2. The van der Waals surface area contributed by atoms with Crippen LogP contribution in [0.5, 0.6) is 5.75 Å². The normalized spacial score (nSPS) is 19.1. The molecular formula is C28H25Cl3N2O7. The van der Waals surface area contributed by atoms with Crippen LogP contribution in [0.25, 0.3) is 0 Å². The average Bonchev–Trinajstić information content (AvgIpc) is 3.32. The van der Waals surface area contributed by atoms with Gasteiger partial charge in [-0.1, -0.05) is 65.1 Å². The number of amides is 2. The number of hydrogen-bond donors (Lipinski definition) is 3. The smallest absolute Gasteiger partial charge is 0.326 e. The van der Waals surface area contributed by atoms with E-state index in [1.807, 2.05) is 0 Å². The first-order chi connectivity index (χ1) is 19.1. The topological polar surface area (TPSA) is 123 Å². The standard InChI is InChI=1S/C28H25Cl3N2O7/c1-15-39-24(26(34)32-22-8-3-2-5-21(22)31)25(40-15)27(35)33-23(28(36)37)13-16-9-11-17(12-10-16)38-14-18-19(29)6-4-7-20(18)30/h2-12,15,23-25H,13-14H2,1H3,(H,32,34)(H,33,35)(H,36,37)/t15?,23-,24+,25+/m0/s1. The van der Waals surface area contributed by atoms with Crippen LogP contribution in [-0.4, -0.2) is 47.4 Å². The van der Waals surface area contributed by atoms with E-state index < -0.39 is 42.3 Å². The molecular weight excluding hydrogens is 583 g/mol. The predicted octanol–water partition coefficient (Wildman–Crippen LogP) is 5.11. The number of carbonyl (C=O) groups excluding carboxylic acids is 2. The minimum absolute atomic E-state index is 0.0304. The lowest BCUT2D eigenvalue weighted by Gasteiger charge is -2.20. The van der Waals surface area contributed by atoms with E-state index >= 15 is 0 Å². The first-order valence-corrected chi connectivity index (χ1v) is 13.3. The fraction of sp³-hybridized carbons (Fsp3) is 0.250. The van der Waals surface area contributed by atoms with Gasteiger partial charge in [0.05, 0.1) is 10.7 Å². The number of nitrogens with one attached hydrogen (secondary N) is 2. The SMILES string of the molecule is CC1O[C@@H](C(=O)Nc2ccccc2Cl)[C@H](C(=O)N[C@@H](Cc2ccc(OCc3c(Cl)cccc3Cl)cc2)C(=O)O)O1.